The predicted molar refractivity (Wildman–Crippen MR) is 85.8 cm³/mol. The van der Waals surface area contributed by atoms with Crippen LogP contribution in [0.4, 0.5) is 5.95 Å². The molecular formula is C15H19BrN4. The van der Waals surface area contributed by atoms with Crippen molar-refractivity contribution in [2.75, 3.05) is 19.0 Å². The third kappa shape index (κ3) is 3.77. The number of nitrogens with one attached hydrogen (secondary N) is 1. The molecule has 0 aliphatic rings. The Morgan fingerprint density at radius 3 is 2.80 bits per heavy atom. The monoisotopic (exact) mass is 334 g/mol. The maximum Gasteiger partial charge on any atom is 0.225 e. The highest BCUT2D eigenvalue weighted by Gasteiger charge is 2.08. The average Bonchev–Trinajstić information content (AvgIpc) is 2.41. The zero-order valence-electron chi connectivity index (χ0n) is 12.0. The van der Waals surface area contributed by atoms with Crippen LogP contribution < -0.4 is 10.2 Å². The quantitative estimate of drug-likeness (QED) is 0.912. The highest BCUT2D eigenvalue weighted by molar-refractivity contribution is 9.10. The molecule has 4 nitrogen and oxygen atoms in total. The number of anilines is 1. The number of halogens is 1. The Morgan fingerprint density at radius 1 is 1.35 bits per heavy atom. The van der Waals surface area contributed by atoms with Crippen molar-refractivity contribution >= 4 is 21.9 Å². The lowest BCUT2D eigenvalue weighted by Crippen LogP contribution is -2.20. The topological polar surface area (TPSA) is 41.1 Å². The van der Waals surface area contributed by atoms with Gasteiger partial charge in [0.1, 0.15) is 0 Å². The van der Waals surface area contributed by atoms with E-state index in [9.17, 15) is 0 Å². The highest BCUT2D eigenvalue weighted by Crippen LogP contribution is 2.16. The largest absolute Gasteiger partial charge is 0.340 e. The van der Waals surface area contributed by atoms with E-state index in [0.717, 1.165) is 34.8 Å². The van der Waals surface area contributed by atoms with Gasteiger partial charge in [-0.1, -0.05) is 28.1 Å². The van der Waals surface area contributed by atoms with Crippen molar-refractivity contribution in [1.82, 2.24) is 15.3 Å². The molecule has 0 saturated heterocycles. The molecule has 0 amide bonds. The first-order chi connectivity index (χ1) is 9.60. The van der Waals surface area contributed by atoms with Crippen LogP contribution in [0.15, 0.2) is 34.9 Å². The van der Waals surface area contributed by atoms with Crippen molar-refractivity contribution in [3.05, 3.63) is 51.8 Å². The first-order valence-corrected chi connectivity index (χ1v) is 7.32. The Balaban J connectivity index is 2.13. The van der Waals surface area contributed by atoms with Gasteiger partial charge in [0.05, 0.1) is 0 Å². The smallest absolute Gasteiger partial charge is 0.225 e. The Labute approximate surface area is 128 Å². The van der Waals surface area contributed by atoms with Crippen molar-refractivity contribution in [2.24, 2.45) is 0 Å². The lowest BCUT2D eigenvalue weighted by molar-refractivity contribution is 0.785. The normalized spacial score (nSPS) is 10.6. The SMILES string of the molecule is CNCc1cnc(N(C)Cc2cccc(Br)c2)nc1C. The van der Waals surface area contributed by atoms with E-state index in [4.69, 9.17) is 0 Å². The molecule has 2 rings (SSSR count). The van der Waals surface area contributed by atoms with E-state index in [0.29, 0.717) is 0 Å². The molecule has 1 heterocycles. The molecule has 0 spiro atoms. The van der Waals surface area contributed by atoms with Crippen LogP contribution in [0.25, 0.3) is 0 Å². The lowest BCUT2D eigenvalue weighted by Gasteiger charge is -2.18. The second kappa shape index (κ2) is 6.81. The molecule has 106 valence electrons. The van der Waals surface area contributed by atoms with Gasteiger partial charge in [-0.2, -0.15) is 0 Å². The molecule has 0 saturated carbocycles. The van der Waals surface area contributed by atoms with E-state index in [1.807, 2.05) is 39.3 Å². The molecule has 0 aliphatic carbocycles. The van der Waals surface area contributed by atoms with E-state index < -0.39 is 0 Å². The summed E-state index contributed by atoms with van der Waals surface area (Å²) in [6.45, 7) is 3.59. The molecule has 1 N–H and O–H groups in total. The number of aromatic nitrogens is 2. The number of nitrogens with zero attached hydrogens (tertiary/aromatic N) is 3. The lowest BCUT2D eigenvalue weighted by atomic mass is 10.2. The van der Waals surface area contributed by atoms with Gasteiger partial charge in [0, 0.05) is 42.1 Å². The van der Waals surface area contributed by atoms with E-state index >= 15 is 0 Å². The van der Waals surface area contributed by atoms with E-state index in [2.05, 4.69) is 48.2 Å². The number of aryl methyl sites for hydroxylation is 1. The summed E-state index contributed by atoms with van der Waals surface area (Å²) in [5.74, 6) is 0.752. The van der Waals surface area contributed by atoms with Gasteiger partial charge in [0.25, 0.3) is 0 Å². The Bertz CT molecular complexity index is 586. The molecule has 0 unspecified atom stereocenters. The average molecular weight is 335 g/mol. The summed E-state index contributed by atoms with van der Waals surface area (Å²) in [6.07, 6.45) is 1.89. The van der Waals surface area contributed by atoms with Gasteiger partial charge in [-0.3, -0.25) is 0 Å². The number of hydrogen-bond donors (Lipinski definition) is 1. The molecule has 0 aliphatic heterocycles. The summed E-state index contributed by atoms with van der Waals surface area (Å²) in [5, 5.41) is 3.12. The van der Waals surface area contributed by atoms with Crippen LogP contribution in [0, 0.1) is 6.92 Å². The van der Waals surface area contributed by atoms with Crippen LogP contribution in [0.3, 0.4) is 0 Å². The molecule has 0 fully saturated rings. The van der Waals surface area contributed by atoms with Crippen LogP contribution in [-0.2, 0) is 13.1 Å². The highest BCUT2D eigenvalue weighted by atomic mass is 79.9. The third-order valence-electron chi connectivity index (χ3n) is 3.09. The summed E-state index contributed by atoms with van der Waals surface area (Å²) >= 11 is 3.49. The Morgan fingerprint density at radius 2 is 2.15 bits per heavy atom. The second-order valence-electron chi connectivity index (χ2n) is 4.80. The van der Waals surface area contributed by atoms with Crippen LogP contribution >= 0.6 is 15.9 Å². The minimum atomic E-state index is 0.752. The van der Waals surface area contributed by atoms with Gasteiger partial charge in [-0.05, 0) is 31.7 Å². The minimum Gasteiger partial charge on any atom is -0.340 e. The van der Waals surface area contributed by atoms with Crippen LogP contribution in [0.2, 0.25) is 0 Å². The molecular weight excluding hydrogens is 316 g/mol. The summed E-state index contributed by atoms with van der Waals surface area (Å²) in [7, 11) is 3.93. The van der Waals surface area contributed by atoms with E-state index in [-0.39, 0.29) is 0 Å². The van der Waals surface area contributed by atoms with Gasteiger partial charge >= 0.3 is 0 Å². The fourth-order valence-corrected chi connectivity index (χ4v) is 2.45. The first kappa shape index (κ1) is 14.9. The Hall–Kier alpha value is -1.46. The first-order valence-electron chi connectivity index (χ1n) is 6.53. The molecule has 0 atom stereocenters. The molecule has 1 aromatic carbocycles. The third-order valence-corrected chi connectivity index (χ3v) is 3.58. The van der Waals surface area contributed by atoms with Crippen molar-refractivity contribution < 1.29 is 0 Å². The molecule has 0 bridgehead atoms. The molecule has 2 aromatic rings. The minimum absolute atomic E-state index is 0.752. The standard InChI is InChI=1S/C15H19BrN4/c1-11-13(8-17-2)9-18-15(19-11)20(3)10-12-5-4-6-14(16)7-12/h4-7,9,17H,8,10H2,1-3H3. The van der Waals surface area contributed by atoms with Crippen molar-refractivity contribution in [3.8, 4) is 0 Å². The van der Waals surface area contributed by atoms with Crippen molar-refractivity contribution in [1.29, 1.82) is 0 Å². The molecule has 0 radical (unpaired) electrons. The number of benzene rings is 1. The zero-order chi connectivity index (χ0) is 14.5. The van der Waals surface area contributed by atoms with Gasteiger partial charge in [0.2, 0.25) is 5.95 Å². The zero-order valence-corrected chi connectivity index (χ0v) is 13.6. The second-order valence-corrected chi connectivity index (χ2v) is 5.71. The van der Waals surface area contributed by atoms with Crippen LogP contribution in [0.1, 0.15) is 16.8 Å². The molecule has 20 heavy (non-hydrogen) atoms. The van der Waals surface area contributed by atoms with Crippen LogP contribution in [0.5, 0.6) is 0 Å². The van der Waals surface area contributed by atoms with Crippen LogP contribution in [-0.4, -0.2) is 24.1 Å². The summed E-state index contributed by atoms with van der Waals surface area (Å²) in [6, 6.07) is 8.27. The molecule has 1 aromatic heterocycles. The maximum atomic E-state index is 4.57. The summed E-state index contributed by atoms with van der Waals surface area (Å²) in [5.41, 5.74) is 3.37. The van der Waals surface area contributed by atoms with Gasteiger partial charge in [-0.15, -0.1) is 0 Å². The number of hydrogen-bond acceptors (Lipinski definition) is 4. The summed E-state index contributed by atoms with van der Waals surface area (Å²) < 4.78 is 1.09. The van der Waals surface area contributed by atoms with Gasteiger partial charge < -0.3 is 10.2 Å². The van der Waals surface area contributed by atoms with Gasteiger partial charge in [-0.25, -0.2) is 9.97 Å². The Kier molecular flexibility index (Phi) is 5.09. The fraction of sp³-hybridized carbons (Fsp3) is 0.333. The summed E-state index contributed by atoms with van der Waals surface area (Å²) in [4.78, 5) is 11.1. The molecule has 5 heteroatoms. The van der Waals surface area contributed by atoms with Crippen molar-refractivity contribution in [3.63, 3.8) is 0 Å². The van der Waals surface area contributed by atoms with E-state index in [1.54, 1.807) is 0 Å². The van der Waals surface area contributed by atoms with E-state index in [1.165, 1.54) is 5.56 Å². The van der Waals surface area contributed by atoms with Crippen molar-refractivity contribution in [2.45, 2.75) is 20.0 Å². The maximum absolute atomic E-state index is 4.57. The number of rotatable bonds is 5. The fourth-order valence-electron chi connectivity index (χ4n) is 2.01. The van der Waals surface area contributed by atoms with Gasteiger partial charge in [0.15, 0.2) is 0 Å². The predicted octanol–water partition coefficient (Wildman–Crippen LogP) is 2.90.